The molecule has 0 bridgehead atoms. The molecule has 0 unspecified atom stereocenters. The summed E-state index contributed by atoms with van der Waals surface area (Å²) in [5, 5.41) is 7.53. The summed E-state index contributed by atoms with van der Waals surface area (Å²) in [5.41, 5.74) is 2.29. The lowest BCUT2D eigenvalue weighted by atomic mass is 10.1. The fourth-order valence-electron chi connectivity index (χ4n) is 4.36. The first-order chi connectivity index (χ1) is 15.8. The fourth-order valence-corrected chi connectivity index (χ4v) is 5.83. The van der Waals surface area contributed by atoms with Crippen molar-refractivity contribution in [3.8, 4) is 17.1 Å². The predicted molar refractivity (Wildman–Crippen MR) is 124 cm³/mol. The predicted octanol–water partition coefficient (Wildman–Crippen LogP) is 0.974. The zero-order valence-corrected chi connectivity index (χ0v) is 19.7. The minimum Gasteiger partial charge on any atom is -0.470 e. The number of aryl methyl sites for hydroxylation is 2. The number of ether oxygens (including phenoxy) is 1. The standard InChI is InChI=1S/C21H27N7O4S/c1-4-5-15-17-18(27(3)25-15)21(29)24-20(23-17)14-10-13(11-16-19(14)32-12-22-16)33(30,31)28-8-6-26(2)7-9-28/h10-11,22H,4-9,12H2,1-3H3,(H,23,24,29). The number of nitrogens with one attached hydrogen (secondary N) is 2. The van der Waals surface area contributed by atoms with E-state index in [4.69, 9.17) is 9.72 Å². The van der Waals surface area contributed by atoms with Gasteiger partial charge in [0.15, 0.2) is 18.0 Å². The fraction of sp³-hybridized carbons (Fsp3) is 0.476. The van der Waals surface area contributed by atoms with E-state index >= 15 is 0 Å². The molecule has 0 saturated carbocycles. The Bertz CT molecular complexity index is 1390. The number of nitrogens with zero attached hydrogens (tertiary/aromatic N) is 5. The summed E-state index contributed by atoms with van der Waals surface area (Å²) >= 11 is 0. The molecule has 5 rings (SSSR count). The van der Waals surface area contributed by atoms with Crippen molar-refractivity contribution in [2.45, 2.75) is 24.7 Å². The average molecular weight is 474 g/mol. The van der Waals surface area contributed by atoms with Crippen molar-refractivity contribution < 1.29 is 13.2 Å². The van der Waals surface area contributed by atoms with Gasteiger partial charge in [0.05, 0.1) is 21.8 Å². The van der Waals surface area contributed by atoms with Gasteiger partial charge in [0.25, 0.3) is 5.56 Å². The highest BCUT2D eigenvalue weighted by molar-refractivity contribution is 7.89. The number of hydrogen-bond acceptors (Lipinski definition) is 8. The van der Waals surface area contributed by atoms with Crippen LogP contribution in [-0.4, -0.2) is 77.3 Å². The summed E-state index contributed by atoms with van der Waals surface area (Å²) in [7, 11) is -0.0393. The highest BCUT2D eigenvalue weighted by atomic mass is 32.2. The largest absolute Gasteiger partial charge is 0.470 e. The maximum atomic E-state index is 13.4. The molecular weight excluding hydrogens is 446 g/mol. The Hall–Kier alpha value is -2.96. The van der Waals surface area contributed by atoms with Crippen LogP contribution in [0.4, 0.5) is 5.69 Å². The SMILES string of the molecule is CCCc1nn(C)c2c(=O)[nH]c(-c3cc(S(=O)(=O)N4CCN(C)CC4)cc4c3OCN4)nc12. The number of benzene rings is 1. The summed E-state index contributed by atoms with van der Waals surface area (Å²) in [5.74, 6) is 0.726. The van der Waals surface area contributed by atoms with Gasteiger partial charge in [-0.25, -0.2) is 13.4 Å². The second-order valence-corrected chi connectivity index (χ2v) is 10.4. The summed E-state index contributed by atoms with van der Waals surface area (Å²) in [6, 6.07) is 3.13. The molecule has 0 aliphatic carbocycles. The highest BCUT2D eigenvalue weighted by Crippen LogP contribution is 2.41. The lowest BCUT2D eigenvalue weighted by molar-refractivity contribution is 0.222. The van der Waals surface area contributed by atoms with Gasteiger partial charge in [-0.15, -0.1) is 0 Å². The van der Waals surface area contributed by atoms with E-state index in [-0.39, 0.29) is 23.0 Å². The monoisotopic (exact) mass is 473 g/mol. The molecule has 1 fully saturated rings. The topological polar surface area (TPSA) is 125 Å². The van der Waals surface area contributed by atoms with E-state index in [9.17, 15) is 13.2 Å². The zero-order chi connectivity index (χ0) is 23.3. The van der Waals surface area contributed by atoms with Crippen molar-refractivity contribution >= 4 is 26.7 Å². The van der Waals surface area contributed by atoms with Crippen LogP contribution in [0.15, 0.2) is 21.8 Å². The van der Waals surface area contributed by atoms with Gasteiger partial charge >= 0.3 is 0 Å². The van der Waals surface area contributed by atoms with Crippen molar-refractivity contribution in [3.63, 3.8) is 0 Å². The van der Waals surface area contributed by atoms with Crippen molar-refractivity contribution in [2.24, 2.45) is 7.05 Å². The van der Waals surface area contributed by atoms with Gasteiger partial charge in [0, 0.05) is 33.2 Å². The number of sulfonamides is 1. The average Bonchev–Trinajstić information content (AvgIpc) is 3.38. The van der Waals surface area contributed by atoms with E-state index in [1.165, 1.54) is 8.99 Å². The molecule has 2 aromatic heterocycles. The first-order valence-electron chi connectivity index (χ1n) is 11.0. The number of aromatic nitrogens is 4. The van der Waals surface area contributed by atoms with E-state index in [2.05, 4.69) is 20.3 Å². The molecule has 3 aromatic rings. The van der Waals surface area contributed by atoms with Gasteiger partial charge in [-0.2, -0.15) is 9.40 Å². The lowest BCUT2D eigenvalue weighted by Crippen LogP contribution is -2.47. The lowest BCUT2D eigenvalue weighted by Gasteiger charge is -2.31. The van der Waals surface area contributed by atoms with E-state index in [0.717, 1.165) is 12.1 Å². The Morgan fingerprint density at radius 2 is 1.91 bits per heavy atom. The van der Waals surface area contributed by atoms with Crippen molar-refractivity contribution in [3.05, 3.63) is 28.2 Å². The van der Waals surface area contributed by atoms with Gasteiger partial charge < -0.3 is 19.9 Å². The molecule has 0 spiro atoms. The van der Waals surface area contributed by atoms with Gasteiger partial charge in [0.2, 0.25) is 10.0 Å². The summed E-state index contributed by atoms with van der Waals surface area (Å²) < 4.78 is 35.6. The van der Waals surface area contributed by atoms with Gasteiger partial charge in [-0.3, -0.25) is 9.48 Å². The van der Waals surface area contributed by atoms with Crippen LogP contribution >= 0.6 is 0 Å². The van der Waals surface area contributed by atoms with Crippen LogP contribution < -0.4 is 15.6 Å². The number of piperazine rings is 1. The third-order valence-corrected chi connectivity index (χ3v) is 8.02. The highest BCUT2D eigenvalue weighted by Gasteiger charge is 2.31. The maximum absolute atomic E-state index is 13.4. The van der Waals surface area contributed by atoms with E-state index in [1.54, 1.807) is 19.2 Å². The molecule has 0 amide bonds. The third-order valence-electron chi connectivity index (χ3n) is 6.15. The molecule has 11 nitrogen and oxygen atoms in total. The molecular formula is C21H27N7O4S. The molecule has 1 aromatic carbocycles. The molecule has 176 valence electrons. The second-order valence-electron chi connectivity index (χ2n) is 8.45. The van der Waals surface area contributed by atoms with Crippen molar-refractivity contribution in [1.82, 2.24) is 29.0 Å². The quantitative estimate of drug-likeness (QED) is 0.562. The van der Waals surface area contributed by atoms with Crippen LogP contribution in [0.2, 0.25) is 0 Å². The molecule has 2 aliphatic heterocycles. The van der Waals surface area contributed by atoms with Gasteiger partial charge in [0.1, 0.15) is 11.3 Å². The van der Waals surface area contributed by atoms with Crippen LogP contribution in [-0.2, 0) is 23.5 Å². The number of H-pyrrole nitrogens is 1. The number of hydrogen-bond donors (Lipinski definition) is 2. The molecule has 0 radical (unpaired) electrons. The number of fused-ring (bicyclic) bond motifs is 2. The summed E-state index contributed by atoms with van der Waals surface area (Å²) in [4.78, 5) is 22.7. The van der Waals surface area contributed by atoms with Crippen molar-refractivity contribution in [2.75, 3.05) is 45.3 Å². The zero-order valence-electron chi connectivity index (χ0n) is 18.9. The third kappa shape index (κ3) is 3.67. The first kappa shape index (κ1) is 21.9. The van der Waals surface area contributed by atoms with Crippen LogP contribution in [0.1, 0.15) is 19.0 Å². The number of anilines is 1. The van der Waals surface area contributed by atoms with E-state index in [1.807, 2.05) is 14.0 Å². The van der Waals surface area contributed by atoms with Crippen molar-refractivity contribution in [1.29, 1.82) is 0 Å². The normalized spacial score (nSPS) is 17.2. The van der Waals surface area contributed by atoms with E-state index < -0.39 is 10.0 Å². The minimum absolute atomic E-state index is 0.140. The smallest absolute Gasteiger partial charge is 0.277 e. The first-order valence-corrected chi connectivity index (χ1v) is 12.4. The van der Waals surface area contributed by atoms with Crippen LogP contribution in [0.3, 0.4) is 0 Å². The number of likely N-dealkylation sites (N-methyl/N-ethyl adjacent to an activating group) is 1. The van der Waals surface area contributed by atoms with Crippen LogP contribution in [0.5, 0.6) is 5.75 Å². The van der Waals surface area contributed by atoms with Gasteiger partial charge in [-0.1, -0.05) is 13.3 Å². The minimum atomic E-state index is -3.73. The van der Waals surface area contributed by atoms with Gasteiger partial charge in [-0.05, 0) is 25.6 Å². The number of aromatic amines is 1. The van der Waals surface area contributed by atoms with E-state index in [0.29, 0.717) is 60.6 Å². The Morgan fingerprint density at radius 3 is 2.64 bits per heavy atom. The molecule has 33 heavy (non-hydrogen) atoms. The maximum Gasteiger partial charge on any atom is 0.277 e. The Balaban J connectivity index is 1.66. The molecule has 12 heteroatoms. The molecule has 2 aliphatic rings. The second kappa shape index (κ2) is 8.12. The Kier molecular flexibility index (Phi) is 5.38. The number of rotatable bonds is 5. The summed E-state index contributed by atoms with van der Waals surface area (Å²) in [6.45, 7) is 4.43. The molecule has 4 heterocycles. The molecule has 0 atom stereocenters. The molecule has 2 N–H and O–H groups in total. The Labute approximate surface area is 191 Å². The summed E-state index contributed by atoms with van der Waals surface area (Å²) in [6.07, 6.45) is 1.54. The van der Waals surface area contributed by atoms with Crippen LogP contribution in [0, 0.1) is 0 Å². The Morgan fingerprint density at radius 1 is 1.15 bits per heavy atom. The molecule has 1 saturated heterocycles. The van der Waals surface area contributed by atoms with Crippen LogP contribution in [0.25, 0.3) is 22.4 Å².